The molecule has 0 aliphatic rings. The molecule has 0 saturated carbocycles. The Labute approximate surface area is 126 Å². The Balaban J connectivity index is 1.96. The third-order valence-corrected chi connectivity index (χ3v) is 3.31. The molecule has 0 atom stereocenters. The first-order chi connectivity index (χ1) is 9.72. The van der Waals surface area contributed by atoms with Crippen LogP contribution in [-0.4, -0.2) is 7.11 Å². The average molecular weight is 332 g/mol. The molecule has 20 heavy (non-hydrogen) atoms. The van der Waals surface area contributed by atoms with Crippen LogP contribution in [0, 0.1) is 11.3 Å². The van der Waals surface area contributed by atoms with Crippen LogP contribution in [0.4, 0.5) is 0 Å². The van der Waals surface area contributed by atoms with E-state index < -0.39 is 0 Å². The van der Waals surface area contributed by atoms with Gasteiger partial charge in [-0.15, -0.1) is 0 Å². The Hall–Kier alpha value is -1.83. The van der Waals surface area contributed by atoms with Gasteiger partial charge in [0, 0.05) is 4.47 Å². The fourth-order valence-corrected chi connectivity index (χ4v) is 2.28. The summed E-state index contributed by atoms with van der Waals surface area (Å²) in [6.45, 7) is 1.02. The summed E-state index contributed by atoms with van der Waals surface area (Å²) >= 11 is 3.43. The van der Waals surface area contributed by atoms with Gasteiger partial charge in [-0.25, -0.2) is 0 Å². The van der Waals surface area contributed by atoms with E-state index in [1.807, 2.05) is 36.4 Å². The molecule has 0 N–H and O–H groups in total. The van der Waals surface area contributed by atoms with E-state index in [-0.39, 0.29) is 0 Å². The molecule has 4 heteroatoms. The number of hydrogen-bond acceptors (Lipinski definition) is 3. The molecule has 0 aliphatic carbocycles. The van der Waals surface area contributed by atoms with Gasteiger partial charge in [0.1, 0.15) is 11.8 Å². The van der Waals surface area contributed by atoms with Crippen LogP contribution in [0.1, 0.15) is 16.7 Å². The largest absolute Gasteiger partial charge is 0.495 e. The smallest absolute Gasteiger partial charge is 0.136 e. The molecule has 0 radical (unpaired) electrons. The van der Waals surface area contributed by atoms with Crippen molar-refractivity contribution in [3.63, 3.8) is 0 Å². The summed E-state index contributed by atoms with van der Waals surface area (Å²) in [7, 11) is 1.56. The first kappa shape index (κ1) is 14.6. The van der Waals surface area contributed by atoms with Crippen molar-refractivity contribution in [2.75, 3.05) is 7.11 Å². The van der Waals surface area contributed by atoms with Gasteiger partial charge in [-0.05, 0) is 35.4 Å². The van der Waals surface area contributed by atoms with Crippen molar-refractivity contribution in [1.82, 2.24) is 0 Å². The van der Waals surface area contributed by atoms with E-state index in [9.17, 15) is 0 Å². The molecule has 0 heterocycles. The Morgan fingerprint density at radius 3 is 2.50 bits per heavy atom. The lowest BCUT2D eigenvalue weighted by molar-refractivity contribution is 0.107. The molecule has 0 saturated heterocycles. The van der Waals surface area contributed by atoms with Crippen LogP contribution in [-0.2, 0) is 18.0 Å². The van der Waals surface area contributed by atoms with Crippen molar-refractivity contribution < 1.29 is 9.47 Å². The molecule has 2 aromatic rings. The quantitative estimate of drug-likeness (QED) is 0.830. The van der Waals surface area contributed by atoms with Crippen molar-refractivity contribution in [2.24, 2.45) is 0 Å². The van der Waals surface area contributed by atoms with E-state index in [4.69, 9.17) is 14.7 Å². The molecule has 0 spiro atoms. The van der Waals surface area contributed by atoms with Crippen molar-refractivity contribution in [3.05, 3.63) is 63.6 Å². The molecular formula is C16H14BrNO2. The molecule has 0 unspecified atom stereocenters. The number of nitrogens with zero attached hydrogens (tertiary/aromatic N) is 1. The maximum atomic E-state index is 8.93. The van der Waals surface area contributed by atoms with E-state index >= 15 is 0 Å². The van der Waals surface area contributed by atoms with Gasteiger partial charge in [0.25, 0.3) is 0 Å². The fourth-order valence-electron chi connectivity index (χ4n) is 1.83. The molecule has 2 aromatic carbocycles. The first-order valence-corrected chi connectivity index (χ1v) is 6.91. The summed E-state index contributed by atoms with van der Waals surface area (Å²) in [5.74, 6) is 0.580. The van der Waals surface area contributed by atoms with Crippen LogP contribution in [0.25, 0.3) is 0 Å². The Kier molecular flexibility index (Phi) is 5.16. The molecule has 2 rings (SSSR count). The summed E-state index contributed by atoms with van der Waals surface area (Å²) in [6.07, 6.45) is 0. The fraction of sp³-hybridized carbons (Fsp3) is 0.188. The second kappa shape index (κ2) is 7.09. The van der Waals surface area contributed by atoms with Crippen molar-refractivity contribution in [2.45, 2.75) is 13.2 Å². The minimum absolute atomic E-state index is 0.481. The molecular weight excluding hydrogens is 318 g/mol. The highest BCUT2D eigenvalue weighted by molar-refractivity contribution is 9.10. The van der Waals surface area contributed by atoms with Gasteiger partial charge in [-0.3, -0.25) is 0 Å². The van der Waals surface area contributed by atoms with Gasteiger partial charge in [0.2, 0.25) is 0 Å². The minimum Gasteiger partial charge on any atom is -0.495 e. The van der Waals surface area contributed by atoms with Crippen molar-refractivity contribution in [3.8, 4) is 11.8 Å². The second-order valence-electron chi connectivity index (χ2n) is 4.27. The average Bonchev–Trinajstić information content (AvgIpc) is 2.47. The van der Waals surface area contributed by atoms with E-state index in [1.165, 1.54) is 0 Å². The number of halogens is 1. The molecule has 0 fully saturated rings. The van der Waals surface area contributed by atoms with Gasteiger partial charge < -0.3 is 9.47 Å². The molecule has 0 bridgehead atoms. The van der Waals surface area contributed by atoms with E-state index in [0.29, 0.717) is 24.5 Å². The topological polar surface area (TPSA) is 42.2 Å². The predicted molar refractivity (Wildman–Crippen MR) is 80.3 cm³/mol. The second-order valence-corrected chi connectivity index (χ2v) is 5.18. The van der Waals surface area contributed by atoms with Gasteiger partial charge in [0.05, 0.1) is 25.9 Å². The SMILES string of the molecule is COc1cc(COCc2cccc(Br)c2)ccc1C#N. The minimum atomic E-state index is 0.481. The summed E-state index contributed by atoms with van der Waals surface area (Å²) in [4.78, 5) is 0. The standard InChI is InChI=1S/C16H14BrNO2/c1-19-16-8-13(5-6-14(16)9-18)11-20-10-12-3-2-4-15(17)7-12/h2-8H,10-11H2,1H3. The van der Waals surface area contributed by atoms with Gasteiger partial charge in [-0.2, -0.15) is 5.26 Å². The van der Waals surface area contributed by atoms with Gasteiger partial charge in [0.15, 0.2) is 0 Å². The number of nitriles is 1. The van der Waals surface area contributed by atoms with E-state index in [1.54, 1.807) is 13.2 Å². The highest BCUT2D eigenvalue weighted by Gasteiger charge is 2.04. The maximum Gasteiger partial charge on any atom is 0.136 e. The van der Waals surface area contributed by atoms with Crippen LogP contribution < -0.4 is 4.74 Å². The van der Waals surface area contributed by atoms with Crippen LogP contribution in [0.3, 0.4) is 0 Å². The summed E-state index contributed by atoms with van der Waals surface area (Å²) in [5, 5.41) is 8.93. The normalized spacial score (nSPS) is 10.1. The third-order valence-electron chi connectivity index (χ3n) is 2.81. The van der Waals surface area contributed by atoms with Crippen LogP contribution in [0.2, 0.25) is 0 Å². The lowest BCUT2D eigenvalue weighted by Crippen LogP contribution is -1.96. The van der Waals surface area contributed by atoms with Crippen LogP contribution >= 0.6 is 15.9 Å². The van der Waals surface area contributed by atoms with Crippen LogP contribution in [0.5, 0.6) is 5.75 Å². The highest BCUT2D eigenvalue weighted by Crippen LogP contribution is 2.20. The number of methoxy groups -OCH3 is 1. The lowest BCUT2D eigenvalue weighted by atomic mass is 10.1. The molecule has 3 nitrogen and oxygen atoms in total. The van der Waals surface area contributed by atoms with Gasteiger partial charge in [-0.1, -0.05) is 34.1 Å². The highest BCUT2D eigenvalue weighted by atomic mass is 79.9. The molecule has 0 aromatic heterocycles. The zero-order chi connectivity index (χ0) is 14.4. The Morgan fingerprint density at radius 1 is 1.10 bits per heavy atom. The number of hydrogen-bond donors (Lipinski definition) is 0. The summed E-state index contributed by atoms with van der Waals surface area (Å²) in [6, 6.07) is 15.6. The molecule has 102 valence electrons. The lowest BCUT2D eigenvalue weighted by Gasteiger charge is -2.08. The number of rotatable bonds is 5. The van der Waals surface area contributed by atoms with E-state index in [0.717, 1.165) is 15.6 Å². The van der Waals surface area contributed by atoms with Gasteiger partial charge >= 0.3 is 0 Å². The Morgan fingerprint density at radius 2 is 1.85 bits per heavy atom. The third kappa shape index (κ3) is 3.83. The monoisotopic (exact) mass is 331 g/mol. The van der Waals surface area contributed by atoms with Crippen LogP contribution in [0.15, 0.2) is 46.9 Å². The van der Waals surface area contributed by atoms with Crippen molar-refractivity contribution in [1.29, 1.82) is 5.26 Å². The zero-order valence-electron chi connectivity index (χ0n) is 11.1. The number of ether oxygens (including phenoxy) is 2. The zero-order valence-corrected chi connectivity index (χ0v) is 12.7. The summed E-state index contributed by atoms with van der Waals surface area (Å²) in [5.41, 5.74) is 2.62. The number of benzene rings is 2. The van der Waals surface area contributed by atoms with E-state index in [2.05, 4.69) is 22.0 Å². The Bertz CT molecular complexity index is 635. The summed E-state index contributed by atoms with van der Waals surface area (Å²) < 4.78 is 11.9. The first-order valence-electron chi connectivity index (χ1n) is 6.12. The maximum absolute atomic E-state index is 8.93. The predicted octanol–water partition coefficient (Wildman–Crippen LogP) is 4.05. The molecule has 0 amide bonds. The molecule has 0 aliphatic heterocycles. The van der Waals surface area contributed by atoms with Crippen molar-refractivity contribution >= 4 is 15.9 Å².